The first-order chi connectivity index (χ1) is 8.89. The van der Waals surface area contributed by atoms with Crippen LogP contribution in [0.25, 0.3) is 0 Å². The Morgan fingerprint density at radius 3 is 2.47 bits per heavy atom. The number of anilines is 1. The van der Waals surface area contributed by atoms with Crippen molar-refractivity contribution in [2.24, 2.45) is 0 Å². The number of benzene rings is 1. The molecule has 0 unspecified atom stereocenters. The number of aliphatic carboxylic acids is 1. The lowest BCUT2D eigenvalue weighted by Gasteiger charge is -2.06. The Hall–Kier alpha value is -1.60. The fourth-order valence-corrected chi connectivity index (χ4v) is 2.60. The van der Waals surface area contributed by atoms with E-state index in [2.05, 4.69) is 4.72 Å². The average molecular weight is 286 g/mol. The predicted octanol–water partition coefficient (Wildman–Crippen LogP) is 0.596. The highest BCUT2D eigenvalue weighted by Crippen LogP contribution is 2.05. The first-order valence-corrected chi connectivity index (χ1v) is 7.58. The van der Waals surface area contributed by atoms with Crippen molar-refractivity contribution in [2.45, 2.75) is 19.3 Å². The van der Waals surface area contributed by atoms with Crippen LogP contribution < -0.4 is 10.5 Å². The normalized spacial score (nSPS) is 11.4. The number of nitrogens with one attached hydrogen (secondary N) is 1. The predicted molar refractivity (Wildman–Crippen MR) is 73.2 cm³/mol. The molecule has 1 rings (SSSR count). The summed E-state index contributed by atoms with van der Waals surface area (Å²) in [4.78, 5) is 10.3. The molecule has 0 amide bonds. The van der Waals surface area contributed by atoms with E-state index in [1.54, 1.807) is 12.1 Å². The Morgan fingerprint density at radius 2 is 1.89 bits per heavy atom. The zero-order valence-electron chi connectivity index (χ0n) is 10.5. The largest absolute Gasteiger partial charge is 0.481 e. The Morgan fingerprint density at radius 1 is 1.26 bits per heavy atom. The van der Waals surface area contributed by atoms with E-state index in [0.717, 1.165) is 5.56 Å². The van der Waals surface area contributed by atoms with Gasteiger partial charge >= 0.3 is 5.97 Å². The minimum absolute atomic E-state index is 0.118. The molecule has 1 aromatic carbocycles. The van der Waals surface area contributed by atoms with Crippen LogP contribution in [0.4, 0.5) is 5.69 Å². The van der Waals surface area contributed by atoms with E-state index in [4.69, 9.17) is 10.8 Å². The maximum atomic E-state index is 11.5. The Bertz CT molecular complexity index is 511. The molecule has 0 aliphatic rings. The molecule has 4 N–H and O–H groups in total. The lowest BCUT2D eigenvalue weighted by molar-refractivity contribution is -0.137. The molecule has 7 heteroatoms. The zero-order valence-corrected chi connectivity index (χ0v) is 11.3. The number of hydrogen-bond acceptors (Lipinski definition) is 4. The van der Waals surface area contributed by atoms with Gasteiger partial charge in [0, 0.05) is 18.7 Å². The van der Waals surface area contributed by atoms with Gasteiger partial charge in [-0.05, 0) is 30.5 Å². The van der Waals surface area contributed by atoms with E-state index in [0.29, 0.717) is 18.7 Å². The minimum atomic E-state index is -3.39. The van der Waals surface area contributed by atoms with Crippen LogP contribution in [-0.2, 0) is 21.2 Å². The Labute approximate surface area is 112 Å². The molecule has 6 nitrogen and oxygen atoms in total. The smallest absolute Gasteiger partial charge is 0.303 e. The van der Waals surface area contributed by atoms with Gasteiger partial charge in [0.1, 0.15) is 0 Å². The highest BCUT2D eigenvalue weighted by Gasteiger charge is 2.10. The second kappa shape index (κ2) is 7.10. The number of carboxylic acid groups (broad SMARTS) is 1. The number of sulfonamides is 1. The number of rotatable bonds is 8. The highest BCUT2D eigenvalue weighted by molar-refractivity contribution is 7.89. The molecule has 0 aromatic heterocycles. The molecule has 0 fully saturated rings. The van der Waals surface area contributed by atoms with Gasteiger partial charge in [0.25, 0.3) is 0 Å². The molecule has 0 atom stereocenters. The summed E-state index contributed by atoms with van der Waals surface area (Å²) in [6, 6.07) is 7.20. The summed E-state index contributed by atoms with van der Waals surface area (Å²) in [5.41, 5.74) is 7.20. The molecule has 0 spiro atoms. The summed E-state index contributed by atoms with van der Waals surface area (Å²) in [5, 5.41) is 8.43. The van der Waals surface area contributed by atoms with Gasteiger partial charge in [-0.25, -0.2) is 13.1 Å². The fraction of sp³-hybridized carbons (Fsp3) is 0.417. The number of hydrogen-bond donors (Lipinski definition) is 3. The van der Waals surface area contributed by atoms with E-state index in [-0.39, 0.29) is 18.6 Å². The quantitative estimate of drug-likeness (QED) is 0.606. The third-order valence-corrected chi connectivity index (χ3v) is 3.99. The van der Waals surface area contributed by atoms with Crippen molar-refractivity contribution in [1.82, 2.24) is 4.72 Å². The van der Waals surface area contributed by atoms with Gasteiger partial charge in [0.2, 0.25) is 10.0 Å². The lowest BCUT2D eigenvalue weighted by Crippen LogP contribution is -2.28. The Kier molecular flexibility index (Phi) is 5.78. The van der Waals surface area contributed by atoms with Crippen LogP contribution in [0.2, 0.25) is 0 Å². The van der Waals surface area contributed by atoms with Crippen LogP contribution in [0, 0.1) is 0 Å². The van der Waals surface area contributed by atoms with Crippen molar-refractivity contribution in [1.29, 1.82) is 0 Å². The maximum absolute atomic E-state index is 11.5. The molecule has 0 aliphatic heterocycles. The van der Waals surface area contributed by atoms with E-state index in [9.17, 15) is 13.2 Å². The molecule has 1 aromatic rings. The average Bonchev–Trinajstić information content (AvgIpc) is 2.30. The van der Waals surface area contributed by atoms with E-state index in [1.165, 1.54) is 0 Å². The fourth-order valence-electron chi connectivity index (χ4n) is 1.52. The Balaban J connectivity index is 2.31. The summed E-state index contributed by atoms with van der Waals surface area (Å²) in [6.07, 6.45) is 0.545. The molecule has 0 saturated carbocycles. The number of nitrogen functional groups attached to an aromatic ring is 1. The van der Waals surface area contributed by atoms with Crippen LogP contribution in [0.3, 0.4) is 0 Å². The molecule has 0 heterocycles. The molecule has 106 valence electrons. The van der Waals surface area contributed by atoms with E-state index < -0.39 is 16.0 Å². The van der Waals surface area contributed by atoms with Gasteiger partial charge in [-0.15, -0.1) is 0 Å². The molecule has 0 saturated heterocycles. The third-order valence-electron chi connectivity index (χ3n) is 2.52. The van der Waals surface area contributed by atoms with Crippen LogP contribution in [0.15, 0.2) is 24.3 Å². The van der Waals surface area contributed by atoms with Gasteiger partial charge in [-0.1, -0.05) is 12.1 Å². The molecule has 0 aliphatic carbocycles. The minimum Gasteiger partial charge on any atom is -0.481 e. The number of carboxylic acids is 1. The maximum Gasteiger partial charge on any atom is 0.303 e. The van der Waals surface area contributed by atoms with Gasteiger partial charge in [-0.2, -0.15) is 0 Å². The van der Waals surface area contributed by atoms with Crippen LogP contribution in [-0.4, -0.2) is 31.8 Å². The molecular weight excluding hydrogens is 268 g/mol. The monoisotopic (exact) mass is 286 g/mol. The van der Waals surface area contributed by atoms with Crippen molar-refractivity contribution < 1.29 is 18.3 Å². The van der Waals surface area contributed by atoms with Gasteiger partial charge in [0.05, 0.1) is 5.75 Å². The van der Waals surface area contributed by atoms with Crippen molar-refractivity contribution >= 4 is 21.7 Å². The van der Waals surface area contributed by atoms with Crippen LogP contribution >= 0.6 is 0 Å². The number of nitrogens with two attached hydrogens (primary N) is 1. The van der Waals surface area contributed by atoms with Gasteiger partial charge in [-0.3, -0.25) is 4.79 Å². The molecular formula is C12H18N2O4S. The van der Waals surface area contributed by atoms with E-state index in [1.807, 2.05) is 12.1 Å². The van der Waals surface area contributed by atoms with Crippen molar-refractivity contribution in [3.63, 3.8) is 0 Å². The van der Waals surface area contributed by atoms with Crippen LogP contribution in [0.1, 0.15) is 18.4 Å². The lowest BCUT2D eigenvalue weighted by atomic mass is 10.1. The summed E-state index contributed by atoms with van der Waals surface area (Å²) in [5.74, 6) is -1.15. The van der Waals surface area contributed by atoms with Crippen molar-refractivity contribution in [3.05, 3.63) is 29.8 Å². The second-order valence-electron chi connectivity index (χ2n) is 4.20. The standard InChI is InChI=1S/C12H18N2O4S/c13-11-5-3-10(4-6-11)7-8-14-19(17,18)9-1-2-12(15)16/h3-6,14H,1-2,7-9,13H2,(H,15,16). The molecule has 0 radical (unpaired) electrons. The summed E-state index contributed by atoms with van der Waals surface area (Å²) in [7, 11) is -3.39. The van der Waals surface area contributed by atoms with Gasteiger partial charge in [0.15, 0.2) is 0 Å². The number of carbonyl (C=O) groups is 1. The second-order valence-corrected chi connectivity index (χ2v) is 6.13. The topological polar surface area (TPSA) is 109 Å². The van der Waals surface area contributed by atoms with Crippen molar-refractivity contribution in [3.8, 4) is 0 Å². The summed E-state index contributed by atoms with van der Waals surface area (Å²) < 4.78 is 25.5. The van der Waals surface area contributed by atoms with Crippen molar-refractivity contribution in [2.75, 3.05) is 18.0 Å². The van der Waals surface area contributed by atoms with E-state index >= 15 is 0 Å². The first-order valence-electron chi connectivity index (χ1n) is 5.92. The SMILES string of the molecule is Nc1ccc(CCNS(=O)(=O)CCCC(=O)O)cc1. The molecule has 19 heavy (non-hydrogen) atoms. The first kappa shape index (κ1) is 15.5. The molecule has 0 bridgehead atoms. The summed E-state index contributed by atoms with van der Waals surface area (Å²) in [6.45, 7) is 0.291. The third kappa shape index (κ3) is 6.78. The zero-order chi connectivity index (χ0) is 14.3. The van der Waals surface area contributed by atoms with Gasteiger partial charge < -0.3 is 10.8 Å². The van der Waals surface area contributed by atoms with Crippen LogP contribution in [0.5, 0.6) is 0 Å². The highest BCUT2D eigenvalue weighted by atomic mass is 32.2. The summed E-state index contributed by atoms with van der Waals surface area (Å²) >= 11 is 0.